The molecular weight excluding hydrogens is 346 g/mol. The van der Waals surface area contributed by atoms with Crippen molar-refractivity contribution in [3.05, 3.63) is 24.3 Å². The Morgan fingerprint density at radius 2 is 2.00 bits per heavy atom. The van der Waals surface area contributed by atoms with E-state index in [2.05, 4.69) is 10.2 Å². The highest BCUT2D eigenvalue weighted by Gasteiger charge is 2.41. The van der Waals surface area contributed by atoms with Crippen molar-refractivity contribution in [2.75, 3.05) is 38.5 Å². The number of carbonyl (C=O) groups is 2. The van der Waals surface area contributed by atoms with Crippen LogP contribution < -0.4 is 5.32 Å². The number of nitrogens with zero attached hydrogens (tertiary/aromatic N) is 2. The molecule has 2 saturated heterocycles. The molecule has 7 nitrogen and oxygen atoms in total. The zero-order valence-corrected chi connectivity index (χ0v) is 15.9. The largest absolute Gasteiger partial charge is 0.508 e. The lowest BCUT2D eigenvalue weighted by atomic mass is 9.71. The van der Waals surface area contributed by atoms with Crippen LogP contribution in [0.1, 0.15) is 32.1 Å². The summed E-state index contributed by atoms with van der Waals surface area (Å²) in [4.78, 5) is 28.5. The van der Waals surface area contributed by atoms with E-state index in [-0.39, 0.29) is 41.9 Å². The number of β-amino-alcohol motifs (C(OH)–C–C–N with tert-alkyl or cyclic N) is 1. The Morgan fingerprint density at radius 3 is 2.67 bits per heavy atom. The molecule has 3 rings (SSSR count). The van der Waals surface area contributed by atoms with Crippen molar-refractivity contribution in [3.8, 4) is 5.75 Å². The lowest BCUT2D eigenvalue weighted by molar-refractivity contribution is -0.136. The van der Waals surface area contributed by atoms with Gasteiger partial charge in [-0.3, -0.25) is 9.59 Å². The maximum absolute atomic E-state index is 12.5. The number of aliphatic hydroxyl groups excluding tert-OH is 1. The van der Waals surface area contributed by atoms with Crippen molar-refractivity contribution in [3.63, 3.8) is 0 Å². The number of phenols is 1. The molecule has 2 amide bonds. The molecule has 0 radical (unpaired) electrons. The third-order valence-electron chi connectivity index (χ3n) is 5.67. The third-order valence-corrected chi connectivity index (χ3v) is 5.67. The van der Waals surface area contributed by atoms with Gasteiger partial charge in [0.1, 0.15) is 5.75 Å². The van der Waals surface area contributed by atoms with Crippen molar-refractivity contribution in [2.24, 2.45) is 5.41 Å². The van der Waals surface area contributed by atoms with Crippen LogP contribution in [0.25, 0.3) is 0 Å². The van der Waals surface area contributed by atoms with E-state index in [0.29, 0.717) is 18.8 Å². The number of aliphatic hydroxyl groups is 1. The standard InChI is InChI=1S/C20H29N3O4/c1-22-13-17(25)12-20(14-22)7-9-23(10-8-20)19(27)6-5-18(26)21-15-3-2-4-16(24)11-15/h2-4,11,17,24-25H,5-10,12-14H2,1H3,(H,21,26). The fourth-order valence-corrected chi connectivity index (χ4v) is 4.40. The van der Waals surface area contributed by atoms with E-state index < -0.39 is 0 Å². The van der Waals surface area contributed by atoms with E-state index in [4.69, 9.17) is 0 Å². The fourth-order valence-electron chi connectivity index (χ4n) is 4.40. The molecule has 7 heteroatoms. The number of benzene rings is 1. The van der Waals surface area contributed by atoms with Crippen molar-refractivity contribution < 1.29 is 19.8 Å². The molecule has 2 heterocycles. The highest BCUT2D eigenvalue weighted by molar-refractivity contribution is 5.93. The molecule has 0 aliphatic carbocycles. The average Bonchev–Trinajstić information content (AvgIpc) is 2.59. The maximum Gasteiger partial charge on any atom is 0.224 e. The fraction of sp³-hybridized carbons (Fsp3) is 0.600. The number of aromatic hydroxyl groups is 1. The molecule has 2 aliphatic rings. The summed E-state index contributed by atoms with van der Waals surface area (Å²) in [5.74, 6) is -0.148. The lowest BCUT2D eigenvalue weighted by Crippen LogP contribution is -2.53. The summed E-state index contributed by atoms with van der Waals surface area (Å²) in [5, 5.41) is 22.2. The van der Waals surface area contributed by atoms with Crippen molar-refractivity contribution in [1.29, 1.82) is 0 Å². The second-order valence-corrected chi connectivity index (χ2v) is 8.03. The smallest absolute Gasteiger partial charge is 0.224 e. The number of amides is 2. The SMILES string of the molecule is CN1CC(O)CC2(CCN(C(=O)CCC(=O)Nc3cccc(O)c3)CC2)C1. The molecule has 2 fully saturated rings. The predicted molar refractivity (Wildman–Crippen MR) is 102 cm³/mol. The van der Waals surface area contributed by atoms with Crippen LogP contribution in [-0.2, 0) is 9.59 Å². The van der Waals surface area contributed by atoms with Gasteiger partial charge in [0, 0.05) is 50.8 Å². The normalized spacial score (nSPS) is 22.6. The van der Waals surface area contributed by atoms with E-state index in [1.807, 2.05) is 11.9 Å². The second-order valence-electron chi connectivity index (χ2n) is 8.03. The summed E-state index contributed by atoms with van der Waals surface area (Å²) in [6.07, 6.45) is 2.63. The minimum absolute atomic E-state index is 0.000575. The van der Waals surface area contributed by atoms with Crippen molar-refractivity contribution in [1.82, 2.24) is 9.80 Å². The molecule has 1 unspecified atom stereocenters. The van der Waals surface area contributed by atoms with Crippen LogP contribution in [0.15, 0.2) is 24.3 Å². The molecule has 0 bridgehead atoms. The molecule has 148 valence electrons. The van der Waals surface area contributed by atoms with Crippen LogP contribution in [0.2, 0.25) is 0 Å². The molecule has 1 atom stereocenters. The Kier molecular flexibility index (Phi) is 6.01. The van der Waals surface area contributed by atoms with Gasteiger partial charge in [0.15, 0.2) is 0 Å². The first-order valence-electron chi connectivity index (χ1n) is 9.58. The monoisotopic (exact) mass is 375 g/mol. The van der Waals surface area contributed by atoms with Gasteiger partial charge in [0.25, 0.3) is 0 Å². The first kappa shape index (κ1) is 19.6. The Bertz CT molecular complexity index is 674. The van der Waals surface area contributed by atoms with Crippen LogP contribution >= 0.6 is 0 Å². The highest BCUT2D eigenvalue weighted by atomic mass is 16.3. The van der Waals surface area contributed by atoms with Crippen LogP contribution in [0.3, 0.4) is 0 Å². The third kappa shape index (κ3) is 5.20. The van der Waals surface area contributed by atoms with E-state index >= 15 is 0 Å². The number of rotatable bonds is 4. The molecule has 0 aromatic heterocycles. The van der Waals surface area contributed by atoms with Crippen molar-refractivity contribution in [2.45, 2.75) is 38.2 Å². The van der Waals surface area contributed by atoms with Gasteiger partial charge in [-0.1, -0.05) is 6.07 Å². The van der Waals surface area contributed by atoms with E-state index in [0.717, 1.165) is 32.4 Å². The number of nitrogens with one attached hydrogen (secondary N) is 1. The number of hydrogen-bond acceptors (Lipinski definition) is 5. The topological polar surface area (TPSA) is 93.1 Å². The first-order chi connectivity index (χ1) is 12.8. The number of piperidine rings is 2. The summed E-state index contributed by atoms with van der Waals surface area (Å²) >= 11 is 0. The summed E-state index contributed by atoms with van der Waals surface area (Å²) in [6.45, 7) is 3.07. The number of carbonyl (C=O) groups excluding carboxylic acids is 2. The highest BCUT2D eigenvalue weighted by Crippen LogP contribution is 2.39. The Morgan fingerprint density at radius 1 is 1.26 bits per heavy atom. The molecule has 3 N–H and O–H groups in total. The van der Waals surface area contributed by atoms with Gasteiger partial charge in [-0.25, -0.2) is 0 Å². The number of anilines is 1. The quantitative estimate of drug-likeness (QED) is 0.740. The molecule has 0 saturated carbocycles. The predicted octanol–water partition coefficient (Wildman–Crippen LogP) is 1.42. The van der Waals surface area contributed by atoms with Crippen LogP contribution in [0.5, 0.6) is 5.75 Å². The van der Waals surface area contributed by atoms with Gasteiger partial charge < -0.3 is 25.3 Å². The van der Waals surface area contributed by atoms with Gasteiger partial charge in [0.05, 0.1) is 6.10 Å². The minimum Gasteiger partial charge on any atom is -0.508 e. The van der Waals surface area contributed by atoms with Gasteiger partial charge >= 0.3 is 0 Å². The lowest BCUT2D eigenvalue weighted by Gasteiger charge is -2.48. The molecule has 1 aromatic rings. The Labute approximate surface area is 160 Å². The molecule has 27 heavy (non-hydrogen) atoms. The van der Waals surface area contributed by atoms with Crippen LogP contribution in [0.4, 0.5) is 5.69 Å². The van der Waals surface area contributed by atoms with Gasteiger partial charge in [-0.05, 0) is 43.9 Å². The van der Waals surface area contributed by atoms with Crippen LogP contribution in [0, 0.1) is 5.41 Å². The first-order valence-corrected chi connectivity index (χ1v) is 9.58. The summed E-state index contributed by atoms with van der Waals surface area (Å²) in [5.41, 5.74) is 0.628. The minimum atomic E-state index is -0.285. The number of phenolic OH excluding ortho intramolecular Hbond substituents is 1. The Hall–Kier alpha value is -2.12. The number of likely N-dealkylation sites (N-methyl/N-ethyl adjacent to an activating group) is 1. The Balaban J connectivity index is 1.43. The molecule has 1 aromatic carbocycles. The summed E-state index contributed by atoms with van der Waals surface area (Å²) in [7, 11) is 2.03. The van der Waals surface area contributed by atoms with E-state index in [1.54, 1.807) is 12.1 Å². The van der Waals surface area contributed by atoms with E-state index in [9.17, 15) is 19.8 Å². The zero-order chi connectivity index (χ0) is 19.4. The molecular formula is C20H29N3O4. The molecule has 2 aliphatic heterocycles. The summed E-state index contributed by atoms with van der Waals surface area (Å²) < 4.78 is 0. The van der Waals surface area contributed by atoms with Gasteiger partial charge in [0.2, 0.25) is 11.8 Å². The zero-order valence-electron chi connectivity index (χ0n) is 15.9. The molecule has 1 spiro atoms. The van der Waals surface area contributed by atoms with Gasteiger partial charge in [-0.2, -0.15) is 0 Å². The van der Waals surface area contributed by atoms with Gasteiger partial charge in [-0.15, -0.1) is 0 Å². The van der Waals surface area contributed by atoms with E-state index in [1.165, 1.54) is 12.1 Å². The average molecular weight is 375 g/mol. The second kappa shape index (κ2) is 8.27. The van der Waals surface area contributed by atoms with Crippen LogP contribution in [-0.4, -0.2) is 71.2 Å². The maximum atomic E-state index is 12.5. The number of hydrogen-bond donors (Lipinski definition) is 3. The number of likely N-dealkylation sites (tertiary alicyclic amines) is 2. The van der Waals surface area contributed by atoms with Crippen molar-refractivity contribution >= 4 is 17.5 Å². The summed E-state index contributed by atoms with van der Waals surface area (Å²) in [6, 6.07) is 6.35.